The monoisotopic (exact) mass is 416 g/mol. The summed E-state index contributed by atoms with van der Waals surface area (Å²) in [6.07, 6.45) is 3.78. The zero-order chi connectivity index (χ0) is 21.8. The number of hydrogen-bond donors (Lipinski definition) is 1. The number of nitrogens with zero attached hydrogens (tertiary/aromatic N) is 2. The molecule has 1 aliphatic rings. The van der Waals surface area contributed by atoms with Gasteiger partial charge in [0.2, 0.25) is 0 Å². The smallest absolute Gasteiger partial charge is 0.305 e. The number of esters is 1. The van der Waals surface area contributed by atoms with Crippen LogP contribution in [0.3, 0.4) is 0 Å². The molecule has 0 aromatic heterocycles. The van der Waals surface area contributed by atoms with E-state index in [1.54, 1.807) is 19.1 Å². The maximum Gasteiger partial charge on any atom is 0.305 e. The normalized spacial score (nSPS) is 15.9. The minimum Gasteiger partial charge on any atom is -0.494 e. The molecule has 7 nitrogen and oxygen atoms in total. The summed E-state index contributed by atoms with van der Waals surface area (Å²) < 4.78 is 10.8. The Labute approximate surface area is 178 Å². The van der Waals surface area contributed by atoms with Gasteiger partial charge in [-0.3, -0.25) is 9.59 Å². The van der Waals surface area contributed by atoms with Gasteiger partial charge in [-0.05, 0) is 69.8 Å². The lowest BCUT2D eigenvalue weighted by molar-refractivity contribution is -0.143. The lowest BCUT2D eigenvalue weighted by atomic mass is 9.74. The molecule has 0 spiro atoms. The average molecular weight is 417 g/mol. The molecule has 1 saturated heterocycles. The van der Waals surface area contributed by atoms with Crippen molar-refractivity contribution in [2.24, 2.45) is 0 Å². The fraction of sp³-hybridized carbons (Fsp3) is 0.609. The van der Waals surface area contributed by atoms with Gasteiger partial charge < -0.3 is 19.5 Å². The number of likely N-dealkylation sites (tertiary alicyclic amines) is 1. The third-order valence-electron chi connectivity index (χ3n) is 5.53. The van der Waals surface area contributed by atoms with Crippen molar-refractivity contribution in [1.82, 2.24) is 4.90 Å². The third-order valence-corrected chi connectivity index (χ3v) is 5.53. The summed E-state index contributed by atoms with van der Waals surface area (Å²) >= 11 is 0. The summed E-state index contributed by atoms with van der Waals surface area (Å²) in [6.45, 7) is 6.01. The van der Waals surface area contributed by atoms with Crippen LogP contribution < -0.4 is 4.74 Å². The van der Waals surface area contributed by atoms with Crippen LogP contribution in [-0.4, -0.2) is 54.8 Å². The van der Waals surface area contributed by atoms with Crippen LogP contribution in [0.15, 0.2) is 24.3 Å². The van der Waals surface area contributed by atoms with Crippen LogP contribution in [0.25, 0.3) is 0 Å². The van der Waals surface area contributed by atoms with Gasteiger partial charge in [0.1, 0.15) is 5.75 Å². The number of ether oxygens (including phenoxy) is 2. The Hall–Kier alpha value is -2.59. The van der Waals surface area contributed by atoms with Crippen molar-refractivity contribution in [3.63, 3.8) is 0 Å². The van der Waals surface area contributed by atoms with Crippen LogP contribution >= 0.6 is 0 Å². The number of aliphatic carboxylic acids is 1. The summed E-state index contributed by atoms with van der Waals surface area (Å²) in [6, 6.07) is 9.48. The summed E-state index contributed by atoms with van der Waals surface area (Å²) in [5.74, 6) is -0.634. The Morgan fingerprint density at radius 1 is 1.17 bits per heavy atom. The molecular formula is C23H32N2O5. The van der Waals surface area contributed by atoms with E-state index >= 15 is 0 Å². The van der Waals surface area contributed by atoms with Gasteiger partial charge in [0, 0.05) is 19.4 Å². The highest BCUT2D eigenvalue weighted by molar-refractivity contribution is 5.70. The molecular weight excluding hydrogens is 384 g/mol. The van der Waals surface area contributed by atoms with Gasteiger partial charge >= 0.3 is 11.9 Å². The number of rotatable bonds is 13. The lowest BCUT2D eigenvalue weighted by Gasteiger charge is -2.26. The minimum atomic E-state index is -1.06. The summed E-state index contributed by atoms with van der Waals surface area (Å²) in [4.78, 5) is 25.3. The van der Waals surface area contributed by atoms with Gasteiger partial charge in [-0.2, -0.15) is 5.26 Å². The number of nitriles is 1. The molecule has 30 heavy (non-hydrogen) atoms. The van der Waals surface area contributed by atoms with Crippen molar-refractivity contribution in [3.8, 4) is 11.8 Å². The quantitative estimate of drug-likeness (QED) is 0.388. The topological polar surface area (TPSA) is 99.9 Å². The Morgan fingerprint density at radius 3 is 2.43 bits per heavy atom. The maximum absolute atomic E-state index is 11.8. The second kappa shape index (κ2) is 12.2. The number of carbonyl (C=O) groups excluding carboxylic acids is 1. The molecule has 1 heterocycles. The average Bonchev–Trinajstić information content (AvgIpc) is 3.26. The van der Waals surface area contributed by atoms with E-state index in [2.05, 4.69) is 11.0 Å². The van der Waals surface area contributed by atoms with Crippen molar-refractivity contribution < 1.29 is 24.2 Å². The van der Waals surface area contributed by atoms with Crippen molar-refractivity contribution >= 4 is 11.9 Å². The van der Waals surface area contributed by atoms with E-state index in [0.29, 0.717) is 12.2 Å². The van der Waals surface area contributed by atoms with E-state index in [-0.39, 0.29) is 38.3 Å². The van der Waals surface area contributed by atoms with E-state index in [4.69, 9.17) is 14.6 Å². The Balaban J connectivity index is 1.98. The fourth-order valence-electron chi connectivity index (χ4n) is 3.81. The number of benzene rings is 1. The van der Waals surface area contributed by atoms with Gasteiger partial charge in [-0.25, -0.2) is 0 Å². The van der Waals surface area contributed by atoms with Gasteiger partial charge in [-0.1, -0.05) is 12.1 Å². The highest BCUT2D eigenvalue weighted by atomic mass is 16.5. The number of carboxylic acids is 1. The molecule has 0 aliphatic carbocycles. The molecule has 7 heteroatoms. The van der Waals surface area contributed by atoms with Crippen LogP contribution in [0.1, 0.15) is 57.4 Å². The van der Waals surface area contributed by atoms with Crippen molar-refractivity contribution in [1.29, 1.82) is 5.26 Å². The zero-order valence-electron chi connectivity index (χ0n) is 17.8. The van der Waals surface area contributed by atoms with Crippen molar-refractivity contribution in [2.75, 3.05) is 32.8 Å². The van der Waals surface area contributed by atoms with Crippen LogP contribution in [0, 0.1) is 11.3 Å². The molecule has 1 N–H and O–H groups in total. The largest absolute Gasteiger partial charge is 0.494 e. The van der Waals surface area contributed by atoms with E-state index in [1.807, 2.05) is 12.1 Å². The Morgan fingerprint density at radius 2 is 1.83 bits per heavy atom. The van der Waals surface area contributed by atoms with E-state index in [1.165, 1.54) is 25.9 Å². The molecule has 0 radical (unpaired) electrons. The van der Waals surface area contributed by atoms with Crippen LogP contribution in [-0.2, 0) is 19.7 Å². The first-order valence-corrected chi connectivity index (χ1v) is 10.7. The molecule has 0 amide bonds. The highest BCUT2D eigenvalue weighted by Crippen LogP contribution is 2.35. The third kappa shape index (κ3) is 7.34. The molecule has 2 rings (SSSR count). The van der Waals surface area contributed by atoms with Gasteiger partial charge in [0.25, 0.3) is 0 Å². The molecule has 1 aromatic rings. The number of hydrogen-bond acceptors (Lipinski definition) is 6. The van der Waals surface area contributed by atoms with Crippen LogP contribution in [0.2, 0.25) is 0 Å². The predicted molar refractivity (Wildman–Crippen MR) is 112 cm³/mol. The maximum atomic E-state index is 11.8. The van der Waals surface area contributed by atoms with Crippen molar-refractivity contribution in [2.45, 2.75) is 57.3 Å². The molecule has 1 unspecified atom stereocenters. The summed E-state index contributed by atoms with van der Waals surface area (Å²) in [5, 5.41) is 19.0. The molecule has 1 aromatic carbocycles. The zero-order valence-corrected chi connectivity index (χ0v) is 17.8. The molecule has 0 saturated carbocycles. The van der Waals surface area contributed by atoms with Gasteiger partial charge in [0.15, 0.2) is 0 Å². The van der Waals surface area contributed by atoms with Crippen LogP contribution in [0.4, 0.5) is 0 Å². The first kappa shape index (κ1) is 23.7. The molecule has 1 atom stereocenters. The van der Waals surface area contributed by atoms with Crippen LogP contribution in [0.5, 0.6) is 5.75 Å². The van der Waals surface area contributed by atoms with E-state index < -0.39 is 11.4 Å². The number of carboxylic acid groups (broad SMARTS) is 1. The molecule has 0 bridgehead atoms. The second-order valence-electron chi connectivity index (χ2n) is 7.67. The lowest BCUT2D eigenvalue weighted by Crippen LogP contribution is -2.27. The standard InChI is InChI=1S/C23H32N2O5/c1-2-29-22(28)11-13-23(18-24,12-10-21(26)27)19-6-8-20(9-7-19)30-17-5-16-25-14-3-4-15-25/h6-9H,2-5,10-17H2,1H3,(H,26,27). The first-order chi connectivity index (χ1) is 14.5. The molecule has 1 aliphatic heterocycles. The first-order valence-electron chi connectivity index (χ1n) is 10.7. The second-order valence-corrected chi connectivity index (χ2v) is 7.67. The molecule has 164 valence electrons. The van der Waals surface area contributed by atoms with Gasteiger partial charge in [0.05, 0.1) is 24.7 Å². The highest BCUT2D eigenvalue weighted by Gasteiger charge is 2.33. The summed E-state index contributed by atoms with van der Waals surface area (Å²) in [5.41, 5.74) is -0.362. The molecule has 1 fully saturated rings. The summed E-state index contributed by atoms with van der Waals surface area (Å²) in [7, 11) is 0. The fourth-order valence-corrected chi connectivity index (χ4v) is 3.81. The minimum absolute atomic E-state index is 0.0652. The van der Waals surface area contributed by atoms with Gasteiger partial charge in [-0.15, -0.1) is 0 Å². The SMILES string of the molecule is CCOC(=O)CCC(C#N)(CCC(=O)O)c1ccc(OCCCN2CCCC2)cc1. The Kier molecular flexibility index (Phi) is 9.62. The number of carbonyl (C=O) groups is 2. The van der Waals surface area contributed by atoms with E-state index in [9.17, 15) is 14.9 Å². The predicted octanol–water partition coefficient (Wildman–Crippen LogP) is 3.52. The van der Waals surface area contributed by atoms with Crippen molar-refractivity contribution in [3.05, 3.63) is 29.8 Å². The Bertz CT molecular complexity index is 722. The van der Waals surface area contributed by atoms with E-state index in [0.717, 1.165) is 18.7 Å².